The molecular weight excluding hydrogens is 342 g/mol. The second kappa shape index (κ2) is 7.07. The van der Waals surface area contributed by atoms with Crippen LogP contribution < -0.4 is 10.2 Å². The molecule has 2 aromatic carbocycles. The van der Waals surface area contributed by atoms with Gasteiger partial charge in [-0.1, -0.05) is 35.0 Å². The minimum atomic E-state index is -0.370. The van der Waals surface area contributed by atoms with Gasteiger partial charge >= 0.3 is 0 Å². The Morgan fingerprint density at radius 1 is 1.11 bits per heavy atom. The highest BCUT2D eigenvalue weighted by atomic mass is 16.5. The molecule has 4 rings (SSSR count). The molecule has 3 aromatic rings. The smallest absolute Gasteiger partial charge is 0.294 e. The van der Waals surface area contributed by atoms with E-state index in [0.29, 0.717) is 17.8 Å². The molecule has 6 nitrogen and oxygen atoms in total. The van der Waals surface area contributed by atoms with Gasteiger partial charge in [-0.25, -0.2) is 0 Å². The number of hydrogen-bond donors (Lipinski definition) is 1. The molecule has 0 unspecified atom stereocenters. The van der Waals surface area contributed by atoms with Crippen LogP contribution in [0.3, 0.4) is 0 Å². The molecule has 2 amide bonds. The monoisotopic (exact) mass is 361 g/mol. The Morgan fingerprint density at radius 3 is 2.52 bits per heavy atom. The van der Waals surface area contributed by atoms with E-state index < -0.39 is 0 Å². The first-order valence-corrected chi connectivity index (χ1v) is 8.86. The summed E-state index contributed by atoms with van der Waals surface area (Å²) < 4.78 is 5.19. The van der Waals surface area contributed by atoms with E-state index in [1.54, 1.807) is 23.1 Å². The third-order valence-corrected chi connectivity index (χ3v) is 4.59. The Bertz CT molecular complexity index is 975. The molecule has 0 spiro atoms. The fraction of sp³-hybridized carbons (Fsp3) is 0.190. The van der Waals surface area contributed by atoms with Crippen LogP contribution in [0.5, 0.6) is 0 Å². The molecular formula is C21H19N3O3. The minimum Gasteiger partial charge on any atom is -0.350 e. The fourth-order valence-electron chi connectivity index (χ4n) is 3.08. The van der Waals surface area contributed by atoms with E-state index in [9.17, 15) is 9.59 Å². The van der Waals surface area contributed by atoms with E-state index in [0.717, 1.165) is 29.8 Å². The van der Waals surface area contributed by atoms with Crippen molar-refractivity contribution in [2.75, 3.05) is 16.8 Å². The van der Waals surface area contributed by atoms with E-state index in [-0.39, 0.29) is 17.6 Å². The average molecular weight is 361 g/mol. The van der Waals surface area contributed by atoms with Crippen molar-refractivity contribution in [2.45, 2.75) is 19.8 Å². The van der Waals surface area contributed by atoms with Crippen molar-refractivity contribution in [2.24, 2.45) is 0 Å². The third-order valence-electron chi connectivity index (χ3n) is 4.59. The fourth-order valence-corrected chi connectivity index (χ4v) is 3.08. The number of nitrogens with zero attached hydrogens (tertiary/aromatic N) is 2. The van der Waals surface area contributed by atoms with E-state index in [2.05, 4.69) is 10.5 Å². The number of carbonyl (C=O) groups excluding carboxylic acids is 2. The van der Waals surface area contributed by atoms with Crippen molar-refractivity contribution < 1.29 is 14.1 Å². The van der Waals surface area contributed by atoms with Crippen molar-refractivity contribution in [1.29, 1.82) is 0 Å². The zero-order chi connectivity index (χ0) is 18.8. The molecule has 1 N–H and O–H groups in total. The number of hydrogen-bond acceptors (Lipinski definition) is 4. The number of amides is 2. The van der Waals surface area contributed by atoms with Gasteiger partial charge in [-0.2, -0.15) is 0 Å². The van der Waals surface area contributed by atoms with Gasteiger partial charge in [-0.15, -0.1) is 0 Å². The molecule has 0 atom stereocenters. The van der Waals surface area contributed by atoms with Crippen LogP contribution in [0, 0.1) is 6.92 Å². The van der Waals surface area contributed by atoms with Crippen molar-refractivity contribution >= 4 is 23.2 Å². The van der Waals surface area contributed by atoms with Crippen LogP contribution in [0.25, 0.3) is 11.3 Å². The van der Waals surface area contributed by atoms with Gasteiger partial charge in [-0.05, 0) is 37.6 Å². The molecule has 1 aromatic heterocycles. The normalized spacial score (nSPS) is 13.8. The van der Waals surface area contributed by atoms with Crippen molar-refractivity contribution in [3.05, 3.63) is 65.9 Å². The zero-order valence-electron chi connectivity index (χ0n) is 14.9. The Hall–Kier alpha value is -3.41. The number of nitrogens with one attached hydrogen (secondary N) is 1. The second-order valence-corrected chi connectivity index (χ2v) is 6.59. The molecule has 0 bridgehead atoms. The number of aromatic nitrogens is 1. The first-order chi connectivity index (χ1) is 13.1. The van der Waals surface area contributed by atoms with Gasteiger partial charge in [0.2, 0.25) is 11.7 Å². The summed E-state index contributed by atoms with van der Waals surface area (Å²) in [4.78, 5) is 26.0. The number of aryl methyl sites for hydroxylation is 1. The standard InChI is InChI=1S/C21H19N3O3/c1-14-4-6-15(7-5-14)18-13-19(27-23-18)21(26)22-16-8-10-17(11-9-16)24-12-2-3-20(24)25/h4-11,13H,2-3,12H2,1H3,(H,22,26). The number of rotatable bonds is 4. The molecule has 1 saturated heterocycles. The summed E-state index contributed by atoms with van der Waals surface area (Å²) in [6, 6.07) is 16.7. The van der Waals surface area contributed by atoms with Gasteiger partial charge in [0, 0.05) is 36.0 Å². The van der Waals surface area contributed by atoms with Crippen molar-refractivity contribution in [3.63, 3.8) is 0 Å². The van der Waals surface area contributed by atoms with Gasteiger partial charge in [0.1, 0.15) is 5.69 Å². The maximum atomic E-state index is 12.4. The lowest BCUT2D eigenvalue weighted by molar-refractivity contribution is -0.117. The molecule has 6 heteroatoms. The molecule has 0 aliphatic carbocycles. The molecule has 1 aliphatic heterocycles. The molecule has 0 saturated carbocycles. The first kappa shape index (κ1) is 17.0. The Labute approximate surface area is 156 Å². The lowest BCUT2D eigenvalue weighted by Gasteiger charge is -2.15. The van der Waals surface area contributed by atoms with Gasteiger partial charge < -0.3 is 14.7 Å². The largest absolute Gasteiger partial charge is 0.350 e. The van der Waals surface area contributed by atoms with Gasteiger partial charge in [-0.3, -0.25) is 9.59 Å². The van der Waals surface area contributed by atoms with E-state index in [1.807, 2.05) is 43.3 Å². The van der Waals surface area contributed by atoms with Crippen LogP contribution in [0.4, 0.5) is 11.4 Å². The molecule has 136 valence electrons. The second-order valence-electron chi connectivity index (χ2n) is 6.59. The lowest BCUT2D eigenvalue weighted by Crippen LogP contribution is -2.23. The first-order valence-electron chi connectivity index (χ1n) is 8.86. The van der Waals surface area contributed by atoms with Gasteiger partial charge in [0.15, 0.2) is 0 Å². The summed E-state index contributed by atoms with van der Waals surface area (Å²) in [5.74, 6) is -0.0905. The number of anilines is 2. The van der Waals surface area contributed by atoms with Crippen LogP contribution in [-0.4, -0.2) is 23.5 Å². The number of benzene rings is 2. The van der Waals surface area contributed by atoms with E-state index in [1.165, 1.54) is 0 Å². The predicted octanol–water partition coefficient (Wildman–Crippen LogP) is 4.03. The van der Waals surface area contributed by atoms with Crippen LogP contribution in [0.1, 0.15) is 29.0 Å². The summed E-state index contributed by atoms with van der Waals surface area (Å²) >= 11 is 0. The van der Waals surface area contributed by atoms with Crippen molar-refractivity contribution in [1.82, 2.24) is 5.16 Å². The van der Waals surface area contributed by atoms with Gasteiger partial charge in [0.25, 0.3) is 5.91 Å². The maximum absolute atomic E-state index is 12.4. The Balaban J connectivity index is 1.45. The molecule has 2 heterocycles. The zero-order valence-corrected chi connectivity index (χ0v) is 14.9. The molecule has 1 aliphatic rings. The van der Waals surface area contributed by atoms with Crippen LogP contribution in [-0.2, 0) is 4.79 Å². The summed E-state index contributed by atoms with van der Waals surface area (Å²) in [6.45, 7) is 2.75. The van der Waals surface area contributed by atoms with E-state index >= 15 is 0 Å². The molecule has 27 heavy (non-hydrogen) atoms. The highest BCUT2D eigenvalue weighted by molar-refractivity contribution is 6.03. The molecule has 1 fully saturated rings. The topological polar surface area (TPSA) is 75.4 Å². The van der Waals surface area contributed by atoms with Crippen LogP contribution in [0.15, 0.2) is 59.1 Å². The van der Waals surface area contributed by atoms with Crippen molar-refractivity contribution in [3.8, 4) is 11.3 Å². The summed E-state index contributed by atoms with van der Waals surface area (Å²) in [6.07, 6.45) is 1.47. The highest BCUT2D eigenvalue weighted by Crippen LogP contribution is 2.24. The summed E-state index contributed by atoms with van der Waals surface area (Å²) in [7, 11) is 0. The maximum Gasteiger partial charge on any atom is 0.294 e. The average Bonchev–Trinajstić information content (AvgIpc) is 3.32. The Morgan fingerprint density at radius 2 is 1.85 bits per heavy atom. The lowest BCUT2D eigenvalue weighted by atomic mass is 10.1. The third kappa shape index (κ3) is 3.60. The summed E-state index contributed by atoms with van der Waals surface area (Å²) in [5.41, 5.74) is 4.13. The van der Waals surface area contributed by atoms with E-state index in [4.69, 9.17) is 4.52 Å². The number of carbonyl (C=O) groups is 2. The minimum absolute atomic E-state index is 0.136. The summed E-state index contributed by atoms with van der Waals surface area (Å²) in [5, 5.41) is 6.76. The Kier molecular flexibility index (Phi) is 4.46. The molecule has 0 radical (unpaired) electrons. The quantitative estimate of drug-likeness (QED) is 0.761. The van der Waals surface area contributed by atoms with Gasteiger partial charge in [0.05, 0.1) is 0 Å². The predicted molar refractivity (Wildman–Crippen MR) is 103 cm³/mol. The highest BCUT2D eigenvalue weighted by Gasteiger charge is 2.21. The SMILES string of the molecule is Cc1ccc(-c2cc(C(=O)Nc3ccc(N4CCCC4=O)cc3)on2)cc1. The van der Waals surface area contributed by atoms with Crippen LogP contribution in [0.2, 0.25) is 0 Å². The van der Waals surface area contributed by atoms with Crippen LogP contribution >= 0.6 is 0 Å².